The lowest BCUT2D eigenvalue weighted by Gasteiger charge is -2.19. The highest BCUT2D eigenvalue weighted by Crippen LogP contribution is 2.29. The molecular weight excluding hydrogens is 266 g/mol. The van der Waals surface area contributed by atoms with Crippen LogP contribution < -0.4 is 4.90 Å². The van der Waals surface area contributed by atoms with Gasteiger partial charge in [-0.1, -0.05) is 23.2 Å². The predicted molar refractivity (Wildman–Crippen MR) is 70.4 cm³/mol. The summed E-state index contributed by atoms with van der Waals surface area (Å²) in [6.45, 7) is 0.778. The first kappa shape index (κ1) is 11.9. The summed E-state index contributed by atoms with van der Waals surface area (Å²) in [5.74, 6) is 0.508. The molecule has 2 rings (SSSR count). The Balaban J connectivity index is 2.26. The number of anilines is 1. The van der Waals surface area contributed by atoms with Crippen LogP contribution in [0, 0.1) is 0 Å². The fourth-order valence-electron chi connectivity index (χ4n) is 1.60. The van der Waals surface area contributed by atoms with Crippen LogP contribution in [0.3, 0.4) is 0 Å². The number of alkyl halides is 1. The van der Waals surface area contributed by atoms with Gasteiger partial charge in [0, 0.05) is 24.6 Å². The molecule has 0 atom stereocenters. The Hall–Kier alpha value is -0.570. The highest BCUT2D eigenvalue weighted by atomic mass is 35.5. The van der Waals surface area contributed by atoms with Crippen LogP contribution in [-0.2, 0) is 0 Å². The predicted octanol–water partition coefficient (Wildman–Crippen LogP) is 3.78. The summed E-state index contributed by atoms with van der Waals surface area (Å²) in [4.78, 5) is 4.18. The van der Waals surface area contributed by atoms with E-state index in [9.17, 15) is 0 Å². The Bertz CT molecular complexity index is 431. The van der Waals surface area contributed by atoms with Crippen molar-refractivity contribution in [2.45, 2.75) is 0 Å². The molecule has 1 aromatic carbocycles. The van der Waals surface area contributed by atoms with Gasteiger partial charge in [0.15, 0.2) is 0 Å². The molecule has 1 aromatic rings. The van der Waals surface area contributed by atoms with Gasteiger partial charge in [-0.05, 0) is 18.2 Å². The quantitative estimate of drug-likeness (QED) is 0.759. The van der Waals surface area contributed by atoms with Gasteiger partial charge in [0.1, 0.15) is 0 Å². The molecule has 16 heavy (non-hydrogen) atoms. The number of halogens is 3. The van der Waals surface area contributed by atoms with Gasteiger partial charge in [-0.25, -0.2) is 0 Å². The average molecular weight is 278 g/mol. The van der Waals surface area contributed by atoms with Crippen molar-refractivity contribution < 1.29 is 0 Å². The summed E-state index contributed by atoms with van der Waals surface area (Å²) in [7, 11) is 2.01. The Morgan fingerprint density at radius 2 is 2.00 bits per heavy atom. The zero-order chi connectivity index (χ0) is 11.7. The van der Waals surface area contributed by atoms with E-state index in [2.05, 4.69) is 9.80 Å². The number of benzene rings is 1. The highest BCUT2D eigenvalue weighted by Gasteiger charge is 2.18. The van der Waals surface area contributed by atoms with E-state index in [0.29, 0.717) is 15.9 Å². The molecule has 0 fully saturated rings. The van der Waals surface area contributed by atoms with E-state index in [0.717, 1.165) is 18.1 Å². The SMILES string of the molecule is CN1CN(c2ccc(Cl)c(Cl)c2)C=C1CCl. The van der Waals surface area contributed by atoms with E-state index in [4.69, 9.17) is 34.8 Å². The van der Waals surface area contributed by atoms with E-state index in [1.165, 1.54) is 0 Å². The van der Waals surface area contributed by atoms with Crippen molar-refractivity contribution in [1.29, 1.82) is 0 Å². The first-order valence-electron chi connectivity index (χ1n) is 4.81. The molecule has 0 aliphatic carbocycles. The van der Waals surface area contributed by atoms with Crippen molar-refractivity contribution in [3.05, 3.63) is 40.1 Å². The van der Waals surface area contributed by atoms with Crippen LogP contribution in [0.15, 0.2) is 30.1 Å². The standard InChI is InChI=1S/C11H11Cl3N2/c1-15-7-16(6-9(15)5-12)8-2-3-10(13)11(14)4-8/h2-4,6H,5,7H2,1H3. The molecule has 0 saturated heterocycles. The average Bonchev–Trinajstić information content (AvgIpc) is 2.64. The molecule has 1 aliphatic heterocycles. The number of hydrogen-bond acceptors (Lipinski definition) is 2. The maximum Gasteiger partial charge on any atom is 0.0941 e. The first-order chi connectivity index (χ1) is 7.61. The molecule has 0 spiro atoms. The van der Waals surface area contributed by atoms with Gasteiger partial charge >= 0.3 is 0 Å². The second-order valence-electron chi connectivity index (χ2n) is 3.66. The number of hydrogen-bond donors (Lipinski definition) is 0. The highest BCUT2D eigenvalue weighted by molar-refractivity contribution is 6.42. The molecule has 0 saturated carbocycles. The number of allylic oxidation sites excluding steroid dienone is 1. The first-order valence-corrected chi connectivity index (χ1v) is 6.10. The summed E-state index contributed by atoms with van der Waals surface area (Å²) >= 11 is 17.7. The zero-order valence-electron chi connectivity index (χ0n) is 8.75. The zero-order valence-corrected chi connectivity index (χ0v) is 11.0. The normalized spacial score (nSPS) is 15.6. The van der Waals surface area contributed by atoms with Crippen LogP contribution in [0.4, 0.5) is 5.69 Å². The van der Waals surface area contributed by atoms with Gasteiger partial charge in [0.25, 0.3) is 0 Å². The molecule has 0 amide bonds. The van der Waals surface area contributed by atoms with Crippen LogP contribution in [-0.4, -0.2) is 24.5 Å². The van der Waals surface area contributed by atoms with Crippen molar-refractivity contribution in [2.24, 2.45) is 0 Å². The third-order valence-corrected chi connectivity index (χ3v) is 3.54. The second-order valence-corrected chi connectivity index (χ2v) is 4.74. The largest absolute Gasteiger partial charge is 0.358 e. The molecule has 1 heterocycles. The van der Waals surface area contributed by atoms with Crippen molar-refractivity contribution in [3.63, 3.8) is 0 Å². The molecule has 0 N–H and O–H groups in total. The Kier molecular flexibility index (Phi) is 3.53. The van der Waals surface area contributed by atoms with E-state index in [1.54, 1.807) is 6.07 Å². The Labute approximate surface area is 110 Å². The molecule has 2 nitrogen and oxygen atoms in total. The van der Waals surface area contributed by atoms with E-state index in [1.807, 2.05) is 25.4 Å². The summed E-state index contributed by atoms with van der Waals surface area (Å²) in [6.07, 6.45) is 2.02. The minimum atomic E-state index is 0.508. The molecule has 1 aliphatic rings. The monoisotopic (exact) mass is 276 g/mol. The van der Waals surface area contributed by atoms with Crippen LogP contribution in [0.25, 0.3) is 0 Å². The van der Waals surface area contributed by atoms with Gasteiger partial charge in [-0.2, -0.15) is 0 Å². The van der Waals surface area contributed by atoms with Crippen LogP contribution in [0.2, 0.25) is 10.0 Å². The lowest BCUT2D eigenvalue weighted by molar-refractivity contribution is 0.461. The van der Waals surface area contributed by atoms with E-state index < -0.39 is 0 Å². The van der Waals surface area contributed by atoms with Gasteiger partial charge in [-0.15, -0.1) is 11.6 Å². The Morgan fingerprint density at radius 1 is 1.25 bits per heavy atom. The van der Waals surface area contributed by atoms with Gasteiger partial charge in [0.2, 0.25) is 0 Å². The van der Waals surface area contributed by atoms with Crippen LogP contribution in [0.5, 0.6) is 0 Å². The maximum absolute atomic E-state index is 5.98. The Morgan fingerprint density at radius 3 is 2.56 bits per heavy atom. The number of rotatable bonds is 2. The van der Waals surface area contributed by atoms with Crippen molar-refractivity contribution in [2.75, 3.05) is 24.5 Å². The third-order valence-electron chi connectivity index (χ3n) is 2.53. The second kappa shape index (κ2) is 4.74. The molecule has 0 unspecified atom stereocenters. The molecule has 0 radical (unpaired) electrons. The molecule has 5 heteroatoms. The molecule has 0 aromatic heterocycles. The van der Waals surface area contributed by atoms with Gasteiger partial charge in [0.05, 0.1) is 22.6 Å². The van der Waals surface area contributed by atoms with Crippen molar-refractivity contribution >= 4 is 40.5 Å². The van der Waals surface area contributed by atoms with E-state index in [-0.39, 0.29) is 0 Å². The summed E-state index contributed by atoms with van der Waals surface area (Å²) in [6, 6.07) is 5.59. The smallest absolute Gasteiger partial charge is 0.0941 e. The lowest BCUT2D eigenvalue weighted by Crippen LogP contribution is -2.23. The maximum atomic E-state index is 5.98. The number of nitrogens with zero attached hydrogens (tertiary/aromatic N) is 2. The van der Waals surface area contributed by atoms with E-state index >= 15 is 0 Å². The molecular formula is C11H11Cl3N2. The molecule has 86 valence electrons. The van der Waals surface area contributed by atoms with Crippen molar-refractivity contribution in [3.8, 4) is 0 Å². The summed E-state index contributed by atoms with van der Waals surface area (Å²) in [5, 5.41) is 1.13. The summed E-state index contributed by atoms with van der Waals surface area (Å²) in [5.41, 5.74) is 2.11. The van der Waals surface area contributed by atoms with Gasteiger partial charge < -0.3 is 9.80 Å². The van der Waals surface area contributed by atoms with Gasteiger partial charge in [-0.3, -0.25) is 0 Å². The van der Waals surface area contributed by atoms with Crippen LogP contribution >= 0.6 is 34.8 Å². The third kappa shape index (κ3) is 2.24. The van der Waals surface area contributed by atoms with Crippen LogP contribution in [0.1, 0.15) is 0 Å². The minimum absolute atomic E-state index is 0.508. The summed E-state index contributed by atoms with van der Waals surface area (Å²) < 4.78 is 0. The topological polar surface area (TPSA) is 6.48 Å². The fourth-order valence-corrected chi connectivity index (χ4v) is 2.16. The fraction of sp³-hybridized carbons (Fsp3) is 0.273. The lowest BCUT2D eigenvalue weighted by atomic mass is 10.3. The molecule has 0 bridgehead atoms. The minimum Gasteiger partial charge on any atom is -0.358 e. The van der Waals surface area contributed by atoms with Crippen molar-refractivity contribution in [1.82, 2.24) is 4.90 Å².